The molecule has 2 heterocycles. The second-order valence-electron chi connectivity index (χ2n) is 5.78. The maximum Gasteiger partial charge on any atom is 0.253 e. The number of nitrogens with one attached hydrogen (secondary N) is 2. The number of thiazole rings is 1. The van der Waals surface area contributed by atoms with Gasteiger partial charge in [0.15, 0.2) is 5.13 Å². The lowest BCUT2D eigenvalue weighted by atomic mass is 10.2. The fourth-order valence-electron chi connectivity index (χ4n) is 2.84. The van der Waals surface area contributed by atoms with E-state index >= 15 is 0 Å². The number of nitrogens with zero attached hydrogens (tertiary/aromatic N) is 2. The highest BCUT2D eigenvalue weighted by molar-refractivity contribution is 7.22. The highest BCUT2D eigenvalue weighted by atomic mass is 32.1. The van der Waals surface area contributed by atoms with Gasteiger partial charge in [-0.2, -0.15) is 0 Å². The molecule has 0 spiro atoms. The Morgan fingerprint density at radius 2 is 2.04 bits per heavy atom. The summed E-state index contributed by atoms with van der Waals surface area (Å²) in [5.41, 5.74) is 7.26. The smallest absolute Gasteiger partial charge is 0.253 e. The summed E-state index contributed by atoms with van der Waals surface area (Å²) < 4.78 is 6.21. The van der Waals surface area contributed by atoms with Crippen molar-refractivity contribution in [1.82, 2.24) is 10.4 Å². The van der Waals surface area contributed by atoms with Crippen molar-refractivity contribution in [2.75, 3.05) is 17.4 Å². The average Bonchev–Trinajstić information content (AvgIpc) is 3.20. The van der Waals surface area contributed by atoms with Crippen LogP contribution in [0.25, 0.3) is 10.2 Å². The molecule has 3 aromatic rings. The van der Waals surface area contributed by atoms with E-state index in [1.54, 1.807) is 31.4 Å². The molecular formula is C18H16N4O3S. The van der Waals surface area contributed by atoms with Crippen LogP contribution in [0, 0.1) is 0 Å². The highest BCUT2D eigenvalue weighted by Crippen LogP contribution is 2.27. The molecule has 0 aliphatic carbocycles. The first kappa shape index (κ1) is 16.5. The number of para-hydroxylation sites is 1. The number of hydrogen-bond donors (Lipinski definition) is 2. The topological polar surface area (TPSA) is 83.6 Å². The van der Waals surface area contributed by atoms with E-state index in [-0.39, 0.29) is 18.2 Å². The summed E-state index contributed by atoms with van der Waals surface area (Å²) in [4.78, 5) is 30.6. The molecule has 2 N–H and O–H groups in total. The zero-order valence-corrected chi connectivity index (χ0v) is 14.7. The minimum Gasteiger partial charge on any atom is -0.497 e. The number of aromatic nitrogens is 1. The summed E-state index contributed by atoms with van der Waals surface area (Å²) >= 11 is 1.47. The minimum absolute atomic E-state index is 0.0773. The average molecular weight is 368 g/mol. The molecule has 1 aromatic heterocycles. The molecule has 7 nitrogen and oxygen atoms in total. The summed E-state index contributed by atoms with van der Waals surface area (Å²) in [6.07, 6.45) is 0.0773. The molecule has 1 atom stereocenters. The minimum atomic E-state index is -0.652. The van der Waals surface area contributed by atoms with E-state index < -0.39 is 6.04 Å². The Bertz CT molecular complexity index is 954. The number of carbonyl (C=O) groups excluding carboxylic acids is 2. The third kappa shape index (κ3) is 3.00. The molecule has 8 heteroatoms. The number of methoxy groups -OCH3 is 1. The molecule has 26 heavy (non-hydrogen) atoms. The van der Waals surface area contributed by atoms with Gasteiger partial charge in [0.25, 0.3) is 5.91 Å². The van der Waals surface area contributed by atoms with E-state index in [0.717, 1.165) is 10.2 Å². The summed E-state index contributed by atoms with van der Waals surface area (Å²) in [5.74, 6) is 0.0239. The molecule has 2 aromatic carbocycles. The van der Waals surface area contributed by atoms with Crippen LogP contribution < -0.4 is 20.5 Å². The van der Waals surface area contributed by atoms with Crippen LogP contribution in [-0.4, -0.2) is 29.9 Å². The van der Waals surface area contributed by atoms with Crippen LogP contribution in [0.5, 0.6) is 5.75 Å². The number of hydrogen-bond acceptors (Lipinski definition) is 7. The van der Waals surface area contributed by atoms with E-state index in [4.69, 9.17) is 4.74 Å². The quantitative estimate of drug-likeness (QED) is 0.532. The van der Waals surface area contributed by atoms with Gasteiger partial charge in [-0.15, -0.1) is 0 Å². The Labute approximate surface area is 153 Å². The van der Waals surface area contributed by atoms with Crippen molar-refractivity contribution < 1.29 is 14.3 Å². The largest absolute Gasteiger partial charge is 0.497 e. The van der Waals surface area contributed by atoms with Gasteiger partial charge >= 0.3 is 0 Å². The second kappa shape index (κ2) is 6.74. The SMILES string of the molecule is COc1cccc(N2C(=O)C[C@@H](NNc3nc4ccccc4s3)C2=O)c1. The van der Waals surface area contributed by atoms with Crippen LogP contribution in [-0.2, 0) is 9.59 Å². The maximum absolute atomic E-state index is 12.7. The van der Waals surface area contributed by atoms with E-state index in [1.165, 1.54) is 16.2 Å². The Morgan fingerprint density at radius 3 is 2.85 bits per heavy atom. The molecule has 1 aliphatic heterocycles. The Morgan fingerprint density at radius 1 is 1.19 bits per heavy atom. The van der Waals surface area contributed by atoms with Gasteiger partial charge in [0.05, 0.1) is 29.4 Å². The fraction of sp³-hybridized carbons (Fsp3) is 0.167. The first-order valence-corrected chi connectivity index (χ1v) is 8.85. The monoisotopic (exact) mass is 368 g/mol. The molecule has 0 radical (unpaired) electrons. The Balaban J connectivity index is 1.48. The first-order valence-electron chi connectivity index (χ1n) is 8.03. The molecule has 0 bridgehead atoms. The molecular weight excluding hydrogens is 352 g/mol. The molecule has 1 fully saturated rings. The van der Waals surface area contributed by atoms with Crippen molar-refractivity contribution in [2.45, 2.75) is 12.5 Å². The zero-order chi connectivity index (χ0) is 18.1. The lowest BCUT2D eigenvalue weighted by Crippen LogP contribution is -2.41. The fourth-order valence-corrected chi connectivity index (χ4v) is 3.67. The number of imide groups is 1. The highest BCUT2D eigenvalue weighted by Gasteiger charge is 2.39. The lowest BCUT2D eigenvalue weighted by molar-refractivity contribution is -0.121. The van der Waals surface area contributed by atoms with Crippen LogP contribution in [0.4, 0.5) is 10.8 Å². The summed E-state index contributed by atoms with van der Waals surface area (Å²) in [7, 11) is 1.54. The van der Waals surface area contributed by atoms with Crippen molar-refractivity contribution in [2.24, 2.45) is 0 Å². The van der Waals surface area contributed by atoms with E-state index in [0.29, 0.717) is 16.6 Å². The van der Waals surface area contributed by atoms with Gasteiger partial charge in [-0.3, -0.25) is 15.0 Å². The van der Waals surface area contributed by atoms with Crippen molar-refractivity contribution in [3.05, 3.63) is 48.5 Å². The summed E-state index contributed by atoms with van der Waals surface area (Å²) in [5, 5.41) is 0.645. The standard InChI is InChI=1S/C18H16N4O3S/c1-25-12-6-4-5-11(9-12)22-16(23)10-14(17(22)24)20-21-18-19-13-7-2-3-8-15(13)26-18/h2-9,14,20H,10H2,1H3,(H,19,21)/t14-/m1/s1. The van der Waals surface area contributed by atoms with Crippen molar-refractivity contribution in [3.63, 3.8) is 0 Å². The van der Waals surface area contributed by atoms with Crippen molar-refractivity contribution in [3.8, 4) is 5.75 Å². The number of amides is 2. The molecule has 0 saturated carbocycles. The molecule has 2 amide bonds. The number of rotatable bonds is 5. The van der Waals surface area contributed by atoms with Crippen LogP contribution >= 0.6 is 11.3 Å². The van der Waals surface area contributed by atoms with Crippen LogP contribution in [0.1, 0.15) is 6.42 Å². The van der Waals surface area contributed by atoms with Crippen LogP contribution in [0.15, 0.2) is 48.5 Å². The van der Waals surface area contributed by atoms with Crippen LogP contribution in [0.2, 0.25) is 0 Å². The van der Waals surface area contributed by atoms with Gasteiger partial charge < -0.3 is 4.74 Å². The number of anilines is 2. The molecule has 132 valence electrons. The normalized spacial score (nSPS) is 17.1. The molecule has 4 rings (SSSR count). The van der Waals surface area contributed by atoms with Gasteiger partial charge in [0.2, 0.25) is 5.91 Å². The third-order valence-corrected chi connectivity index (χ3v) is 5.06. The number of carbonyl (C=O) groups is 2. The number of benzene rings is 2. The zero-order valence-electron chi connectivity index (χ0n) is 13.9. The number of ether oxygens (including phenoxy) is 1. The molecule has 1 aliphatic rings. The van der Waals surface area contributed by atoms with Gasteiger partial charge in [0, 0.05) is 6.07 Å². The summed E-state index contributed by atoms with van der Waals surface area (Å²) in [6.45, 7) is 0. The predicted octanol–water partition coefficient (Wildman–Crippen LogP) is 2.55. The van der Waals surface area contributed by atoms with Crippen molar-refractivity contribution >= 4 is 44.2 Å². The van der Waals surface area contributed by atoms with Crippen molar-refractivity contribution in [1.29, 1.82) is 0 Å². The Hall–Kier alpha value is -2.97. The number of hydrazine groups is 1. The predicted molar refractivity (Wildman–Crippen MR) is 100 cm³/mol. The van der Waals surface area contributed by atoms with Crippen LogP contribution in [0.3, 0.4) is 0 Å². The van der Waals surface area contributed by atoms with Gasteiger partial charge in [-0.05, 0) is 24.3 Å². The van der Waals surface area contributed by atoms with E-state index in [9.17, 15) is 9.59 Å². The number of fused-ring (bicyclic) bond motifs is 1. The Kier molecular flexibility index (Phi) is 4.27. The summed E-state index contributed by atoms with van der Waals surface area (Å²) in [6, 6.07) is 14.0. The first-order chi connectivity index (χ1) is 12.7. The van der Waals surface area contributed by atoms with Gasteiger partial charge in [0.1, 0.15) is 11.8 Å². The maximum atomic E-state index is 12.7. The van der Waals surface area contributed by atoms with Gasteiger partial charge in [-0.1, -0.05) is 29.5 Å². The third-order valence-electron chi connectivity index (χ3n) is 4.11. The van der Waals surface area contributed by atoms with Gasteiger partial charge in [-0.25, -0.2) is 15.3 Å². The molecule has 0 unspecified atom stereocenters. The lowest BCUT2D eigenvalue weighted by Gasteiger charge is -2.16. The molecule has 1 saturated heterocycles. The second-order valence-corrected chi connectivity index (χ2v) is 6.81. The van der Waals surface area contributed by atoms with E-state index in [1.807, 2.05) is 24.3 Å². The van der Waals surface area contributed by atoms with E-state index in [2.05, 4.69) is 15.8 Å².